The van der Waals surface area contributed by atoms with E-state index in [4.69, 9.17) is 33.3 Å². The van der Waals surface area contributed by atoms with Gasteiger partial charge in [0.25, 0.3) is 5.91 Å². The SMILES string of the molecule is COc1cc(/C=C2\NC(=S)NC2=O)cc(Cl)c1OC. The fourth-order valence-electron chi connectivity index (χ4n) is 1.67. The summed E-state index contributed by atoms with van der Waals surface area (Å²) < 4.78 is 10.3. The van der Waals surface area contributed by atoms with Crippen molar-refractivity contribution in [2.75, 3.05) is 14.2 Å². The van der Waals surface area contributed by atoms with Gasteiger partial charge >= 0.3 is 0 Å². The molecule has 5 nitrogen and oxygen atoms in total. The van der Waals surface area contributed by atoms with E-state index < -0.39 is 0 Å². The molecule has 0 bridgehead atoms. The van der Waals surface area contributed by atoms with Crippen LogP contribution in [0.5, 0.6) is 11.5 Å². The van der Waals surface area contributed by atoms with Crippen molar-refractivity contribution in [3.63, 3.8) is 0 Å². The van der Waals surface area contributed by atoms with Crippen LogP contribution in [0.2, 0.25) is 5.02 Å². The minimum Gasteiger partial charge on any atom is -0.493 e. The molecule has 0 radical (unpaired) electrons. The average Bonchev–Trinajstić information content (AvgIpc) is 2.67. The molecule has 1 heterocycles. The molecule has 2 rings (SSSR count). The molecule has 100 valence electrons. The molecule has 19 heavy (non-hydrogen) atoms. The molecule has 2 N–H and O–H groups in total. The van der Waals surface area contributed by atoms with Gasteiger partial charge in [0.1, 0.15) is 5.70 Å². The van der Waals surface area contributed by atoms with Crippen molar-refractivity contribution in [3.05, 3.63) is 28.4 Å². The van der Waals surface area contributed by atoms with Crippen molar-refractivity contribution in [3.8, 4) is 11.5 Å². The average molecular weight is 299 g/mol. The molecule has 1 aliphatic rings. The third-order valence-corrected chi connectivity index (χ3v) is 2.97. The highest BCUT2D eigenvalue weighted by Crippen LogP contribution is 2.36. The Bertz CT molecular complexity index is 587. The molecule has 0 aliphatic carbocycles. The lowest BCUT2D eigenvalue weighted by atomic mass is 10.1. The van der Waals surface area contributed by atoms with Crippen LogP contribution in [0.15, 0.2) is 17.8 Å². The number of amides is 1. The van der Waals surface area contributed by atoms with E-state index in [9.17, 15) is 4.79 Å². The van der Waals surface area contributed by atoms with Crippen LogP contribution in [0.1, 0.15) is 5.56 Å². The Hall–Kier alpha value is -1.79. The molecule has 0 saturated carbocycles. The molecule has 7 heteroatoms. The van der Waals surface area contributed by atoms with Gasteiger partial charge in [-0.3, -0.25) is 10.1 Å². The van der Waals surface area contributed by atoms with Gasteiger partial charge in [0.15, 0.2) is 16.6 Å². The summed E-state index contributed by atoms with van der Waals surface area (Å²) in [6, 6.07) is 3.39. The summed E-state index contributed by atoms with van der Waals surface area (Å²) in [5.41, 5.74) is 1.05. The number of carbonyl (C=O) groups excluding carboxylic acids is 1. The van der Waals surface area contributed by atoms with Crippen LogP contribution < -0.4 is 20.1 Å². The maximum atomic E-state index is 11.5. The molecule has 0 spiro atoms. The predicted molar refractivity (Wildman–Crippen MR) is 76.4 cm³/mol. The number of thiocarbonyl (C=S) groups is 1. The van der Waals surface area contributed by atoms with Crippen LogP contribution >= 0.6 is 23.8 Å². The van der Waals surface area contributed by atoms with Gasteiger partial charge in [0.2, 0.25) is 0 Å². The summed E-state index contributed by atoms with van der Waals surface area (Å²) in [6.07, 6.45) is 1.63. The van der Waals surface area contributed by atoms with E-state index in [2.05, 4.69) is 10.6 Å². The maximum absolute atomic E-state index is 11.5. The Kier molecular flexibility index (Phi) is 3.92. The van der Waals surface area contributed by atoms with Gasteiger partial charge in [0.05, 0.1) is 19.2 Å². The molecular formula is C12H11ClN2O3S. The third-order valence-electron chi connectivity index (χ3n) is 2.49. The minimum absolute atomic E-state index is 0.280. The predicted octanol–water partition coefficient (Wildman–Crippen LogP) is 1.70. The van der Waals surface area contributed by atoms with Gasteiger partial charge in [-0.1, -0.05) is 11.6 Å². The highest BCUT2D eigenvalue weighted by Gasteiger charge is 2.20. The zero-order valence-electron chi connectivity index (χ0n) is 10.2. The lowest BCUT2D eigenvalue weighted by Gasteiger charge is -2.10. The highest BCUT2D eigenvalue weighted by atomic mass is 35.5. The van der Waals surface area contributed by atoms with Gasteiger partial charge in [-0.15, -0.1) is 0 Å². The van der Waals surface area contributed by atoms with E-state index in [0.717, 1.165) is 0 Å². The van der Waals surface area contributed by atoms with Gasteiger partial charge < -0.3 is 14.8 Å². The first-order valence-electron chi connectivity index (χ1n) is 5.30. The number of methoxy groups -OCH3 is 2. The standard InChI is InChI=1S/C12H11ClN2O3S/c1-17-9-5-6(3-7(13)10(9)18-2)4-8-11(16)15-12(19)14-8/h3-5H,1-2H3,(H2,14,15,16,19)/b8-4-. The zero-order valence-corrected chi connectivity index (χ0v) is 11.8. The Balaban J connectivity index is 2.42. The monoisotopic (exact) mass is 298 g/mol. The Morgan fingerprint density at radius 2 is 2.00 bits per heavy atom. The fourth-order valence-corrected chi connectivity index (χ4v) is 2.17. The molecule has 1 aliphatic heterocycles. The lowest BCUT2D eigenvalue weighted by molar-refractivity contribution is -0.115. The molecule has 0 aromatic heterocycles. The van der Waals surface area contributed by atoms with Gasteiger partial charge in [-0.25, -0.2) is 0 Å². The number of hydrogen-bond donors (Lipinski definition) is 2. The number of carbonyl (C=O) groups is 1. The molecule has 1 fully saturated rings. The number of benzene rings is 1. The van der Waals surface area contributed by atoms with E-state index in [1.807, 2.05) is 0 Å². The van der Waals surface area contributed by atoms with Crippen LogP contribution in [-0.2, 0) is 4.79 Å². The normalized spacial score (nSPS) is 16.3. The van der Waals surface area contributed by atoms with Gasteiger partial charge in [-0.2, -0.15) is 0 Å². The lowest BCUT2D eigenvalue weighted by Crippen LogP contribution is -2.21. The maximum Gasteiger partial charge on any atom is 0.273 e. The van der Waals surface area contributed by atoms with E-state index in [1.165, 1.54) is 14.2 Å². The number of nitrogens with one attached hydrogen (secondary N) is 2. The molecule has 1 aromatic rings. The molecule has 1 saturated heterocycles. The molecular weight excluding hydrogens is 288 g/mol. The van der Waals surface area contributed by atoms with Crippen molar-refractivity contribution in [2.24, 2.45) is 0 Å². The summed E-state index contributed by atoms with van der Waals surface area (Å²) >= 11 is 10.9. The van der Waals surface area contributed by atoms with Crippen molar-refractivity contribution >= 4 is 40.9 Å². The quantitative estimate of drug-likeness (QED) is 0.657. The second kappa shape index (κ2) is 5.46. The van der Waals surface area contributed by atoms with Crippen LogP contribution in [0.4, 0.5) is 0 Å². The molecule has 1 aromatic carbocycles. The van der Waals surface area contributed by atoms with Crippen LogP contribution in [-0.4, -0.2) is 25.2 Å². The number of ether oxygens (including phenoxy) is 2. The second-order valence-corrected chi connectivity index (χ2v) is 4.52. The summed E-state index contributed by atoms with van der Waals surface area (Å²) in [5.74, 6) is 0.657. The smallest absolute Gasteiger partial charge is 0.273 e. The largest absolute Gasteiger partial charge is 0.493 e. The van der Waals surface area contributed by atoms with Crippen LogP contribution in [0, 0.1) is 0 Å². The van der Waals surface area contributed by atoms with E-state index in [-0.39, 0.29) is 11.0 Å². The Morgan fingerprint density at radius 1 is 1.26 bits per heavy atom. The number of rotatable bonds is 3. The van der Waals surface area contributed by atoms with Crippen LogP contribution in [0.3, 0.4) is 0 Å². The first kappa shape index (κ1) is 13.6. The first-order chi connectivity index (χ1) is 9.05. The van der Waals surface area contributed by atoms with Crippen molar-refractivity contribution < 1.29 is 14.3 Å². The molecule has 0 atom stereocenters. The fraction of sp³-hybridized carbons (Fsp3) is 0.167. The molecule has 0 unspecified atom stereocenters. The highest BCUT2D eigenvalue weighted by molar-refractivity contribution is 7.80. The second-order valence-electron chi connectivity index (χ2n) is 3.70. The van der Waals surface area contributed by atoms with Crippen molar-refractivity contribution in [1.82, 2.24) is 10.6 Å². The molecule has 1 amide bonds. The number of halogens is 1. The summed E-state index contributed by atoms with van der Waals surface area (Å²) in [5, 5.41) is 5.91. The summed E-state index contributed by atoms with van der Waals surface area (Å²) in [6.45, 7) is 0. The zero-order chi connectivity index (χ0) is 14.0. The van der Waals surface area contributed by atoms with Crippen molar-refractivity contribution in [2.45, 2.75) is 0 Å². The van der Waals surface area contributed by atoms with E-state index >= 15 is 0 Å². The first-order valence-corrected chi connectivity index (χ1v) is 6.09. The van der Waals surface area contributed by atoms with Gasteiger partial charge in [0, 0.05) is 0 Å². The van der Waals surface area contributed by atoms with E-state index in [0.29, 0.717) is 27.8 Å². The summed E-state index contributed by atoms with van der Waals surface area (Å²) in [4.78, 5) is 11.5. The van der Waals surface area contributed by atoms with Crippen LogP contribution in [0.25, 0.3) is 6.08 Å². The van der Waals surface area contributed by atoms with E-state index in [1.54, 1.807) is 18.2 Å². The summed E-state index contributed by atoms with van der Waals surface area (Å²) in [7, 11) is 3.02. The number of hydrogen-bond acceptors (Lipinski definition) is 4. The third kappa shape index (κ3) is 2.80. The topological polar surface area (TPSA) is 59.6 Å². The minimum atomic E-state index is -0.282. The van der Waals surface area contributed by atoms with Crippen molar-refractivity contribution in [1.29, 1.82) is 0 Å². The van der Waals surface area contributed by atoms with Gasteiger partial charge in [-0.05, 0) is 36.0 Å². The Morgan fingerprint density at radius 3 is 2.53 bits per heavy atom. The Labute approximate surface area is 120 Å².